The van der Waals surface area contributed by atoms with Crippen LogP contribution in [0.1, 0.15) is 51.0 Å². The Hall–Kier alpha value is -2.51. The van der Waals surface area contributed by atoms with Crippen molar-refractivity contribution in [3.8, 4) is 16.3 Å². The van der Waals surface area contributed by atoms with Gasteiger partial charge in [-0.15, -0.1) is 11.3 Å². The average molecular weight is 424 g/mol. The van der Waals surface area contributed by atoms with Crippen LogP contribution in [0, 0.1) is 0 Å². The summed E-state index contributed by atoms with van der Waals surface area (Å²) >= 11 is 1.49. The summed E-state index contributed by atoms with van der Waals surface area (Å²) in [6.45, 7) is 8.56. The molecule has 0 aliphatic carbocycles. The Morgan fingerprint density at radius 3 is 2.57 bits per heavy atom. The lowest BCUT2D eigenvalue weighted by Crippen LogP contribution is -2.54. The van der Waals surface area contributed by atoms with Crippen LogP contribution in [0.25, 0.3) is 16.3 Å². The van der Waals surface area contributed by atoms with Gasteiger partial charge in [-0.05, 0) is 52.7 Å². The Kier molecular flexibility index (Phi) is 6.01. The molecule has 3 heterocycles. The summed E-state index contributed by atoms with van der Waals surface area (Å²) in [5.41, 5.74) is 2.44. The fourth-order valence-electron chi connectivity index (χ4n) is 4.38. The zero-order valence-electron chi connectivity index (χ0n) is 17.9. The molecule has 1 fully saturated rings. The molecule has 2 aromatic heterocycles. The quantitative estimate of drug-likeness (QED) is 0.662. The fraction of sp³-hybridized carbons (Fsp3) is 0.435. The Morgan fingerprint density at radius 2 is 1.90 bits per heavy atom. The van der Waals surface area contributed by atoms with Crippen molar-refractivity contribution in [1.29, 1.82) is 0 Å². The highest BCUT2D eigenvalue weighted by Gasteiger charge is 2.33. The first kappa shape index (κ1) is 20.8. The molecule has 1 aliphatic heterocycles. The predicted octanol–water partition coefficient (Wildman–Crippen LogP) is 4.38. The average Bonchev–Trinajstić information content (AvgIpc) is 3.37. The van der Waals surface area contributed by atoms with Crippen molar-refractivity contribution in [1.82, 2.24) is 25.0 Å². The number of amides is 1. The van der Waals surface area contributed by atoms with Crippen LogP contribution in [0.5, 0.6) is 0 Å². The molecular formula is C23H29N5OS. The van der Waals surface area contributed by atoms with Crippen LogP contribution in [0.4, 0.5) is 0 Å². The second-order valence-electron chi connectivity index (χ2n) is 8.45. The van der Waals surface area contributed by atoms with Crippen molar-refractivity contribution in [3.63, 3.8) is 0 Å². The lowest BCUT2D eigenvalue weighted by atomic mass is 9.93. The Bertz CT molecular complexity index is 986. The minimum absolute atomic E-state index is 0.0225. The van der Waals surface area contributed by atoms with E-state index in [2.05, 4.69) is 43.1 Å². The van der Waals surface area contributed by atoms with Crippen LogP contribution in [-0.4, -0.2) is 49.7 Å². The second-order valence-corrected chi connectivity index (χ2v) is 9.31. The third-order valence-corrected chi connectivity index (χ3v) is 6.47. The van der Waals surface area contributed by atoms with Crippen molar-refractivity contribution in [2.24, 2.45) is 0 Å². The van der Waals surface area contributed by atoms with E-state index in [1.165, 1.54) is 11.3 Å². The predicted molar refractivity (Wildman–Crippen MR) is 121 cm³/mol. The third kappa shape index (κ3) is 4.32. The van der Waals surface area contributed by atoms with Crippen LogP contribution >= 0.6 is 11.3 Å². The number of rotatable bonds is 5. The summed E-state index contributed by atoms with van der Waals surface area (Å²) < 4.78 is 1.83. The summed E-state index contributed by atoms with van der Waals surface area (Å²) in [4.78, 5) is 20.1. The summed E-state index contributed by atoms with van der Waals surface area (Å²) in [6, 6.07) is 11.1. The fourth-order valence-corrected chi connectivity index (χ4v) is 5.14. The second kappa shape index (κ2) is 8.70. The van der Waals surface area contributed by atoms with Gasteiger partial charge in [0.1, 0.15) is 10.7 Å². The lowest BCUT2D eigenvalue weighted by molar-refractivity contribution is 0.0510. The molecular weight excluding hydrogens is 394 g/mol. The van der Waals surface area contributed by atoms with E-state index in [1.807, 2.05) is 51.5 Å². The molecule has 1 saturated heterocycles. The van der Waals surface area contributed by atoms with Gasteiger partial charge in [-0.2, -0.15) is 5.10 Å². The topological polar surface area (TPSA) is 63.1 Å². The molecule has 1 aromatic carbocycles. The molecule has 3 aromatic rings. The molecule has 2 unspecified atom stereocenters. The number of benzene rings is 1. The van der Waals surface area contributed by atoms with Gasteiger partial charge in [0.2, 0.25) is 0 Å². The minimum Gasteiger partial charge on any atom is -0.332 e. The largest absolute Gasteiger partial charge is 0.332 e. The van der Waals surface area contributed by atoms with Crippen molar-refractivity contribution in [2.75, 3.05) is 0 Å². The lowest BCUT2D eigenvalue weighted by Gasteiger charge is -2.41. The molecule has 0 saturated carbocycles. The van der Waals surface area contributed by atoms with Gasteiger partial charge in [-0.25, -0.2) is 9.67 Å². The number of nitrogens with zero attached hydrogens (tertiary/aromatic N) is 4. The number of hydrogen-bond acceptors (Lipinski definition) is 5. The van der Waals surface area contributed by atoms with Crippen molar-refractivity contribution < 1.29 is 4.79 Å². The molecule has 6 nitrogen and oxygen atoms in total. The first-order valence-corrected chi connectivity index (χ1v) is 11.4. The zero-order valence-corrected chi connectivity index (χ0v) is 18.8. The van der Waals surface area contributed by atoms with E-state index in [0.717, 1.165) is 29.1 Å². The van der Waals surface area contributed by atoms with Gasteiger partial charge in [-0.1, -0.05) is 18.2 Å². The number of nitrogens with one attached hydrogen (secondary N) is 1. The minimum atomic E-state index is 0.0225. The van der Waals surface area contributed by atoms with Gasteiger partial charge >= 0.3 is 0 Å². The monoisotopic (exact) mass is 423 g/mol. The number of hydrogen-bond donors (Lipinski definition) is 1. The number of carbonyl (C=O) groups excluding carboxylic acids is 1. The molecule has 7 heteroatoms. The molecule has 2 atom stereocenters. The van der Waals surface area contributed by atoms with E-state index < -0.39 is 0 Å². The van der Waals surface area contributed by atoms with Crippen LogP contribution in [0.3, 0.4) is 0 Å². The molecule has 0 bridgehead atoms. The van der Waals surface area contributed by atoms with E-state index in [4.69, 9.17) is 0 Å². The standard InChI is InChI=1S/C23H29N5OS/c1-15(2)28(20-10-16(3)25-17(4)11-20)23(29)21-14-30-22(26-21)18-12-24-27(13-18)19-8-6-5-7-9-19/h5-9,12-17,20,25H,10-11H2,1-4H3. The summed E-state index contributed by atoms with van der Waals surface area (Å²) in [5.74, 6) is 0.0225. The molecule has 4 rings (SSSR count). The van der Waals surface area contributed by atoms with Crippen LogP contribution in [0.2, 0.25) is 0 Å². The van der Waals surface area contributed by atoms with E-state index in [0.29, 0.717) is 17.8 Å². The highest BCUT2D eigenvalue weighted by molar-refractivity contribution is 7.13. The first-order chi connectivity index (χ1) is 14.4. The Morgan fingerprint density at radius 1 is 1.20 bits per heavy atom. The van der Waals surface area contributed by atoms with Gasteiger partial charge < -0.3 is 10.2 Å². The van der Waals surface area contributed by atoms with Crippen LogP contribution in [-0.2, 0) is 0 Å². The van der Waals surface area contributed by atoms with Gasteiger partial charge in [-0.3, -0.25) is 4.79 Å². The van der Waals surface area contributed by atoms with Gasteiger partial charge in [0.15, 0.2) is 0 Å². The normalized spacial score (nSPS) is 21.7. The van der Waals surface area contributed by atoms with Gasteiger partial charge in [0, 0.05) is 41.3 Å². The molecule has 0 spiro atoms. The van der Waals surface area contributed by atoms with Crippen molar-refractivity contribution in [3.05, 3.63) is 53.8 Å². The Labute approximate surface area is 181 Å². The van der Waals surface area contributed by atoms with Gasteiger partial charge in [0.05, 0.1) is 11.9 Å². The third-order valence-electron chi connectivity index (χ3n) is 5.58. The van der Waals surface area contributed by atoms with Crippen molar-refractivity contribution in [2.45, 2.75) is 64.7 Å². The number of para-hydroxylation sites is 1. The van der Waals surface area contributed by atoms with E-state index in [9.17, 15) is 4.79 Å². The van der Waals surface area contributed by atoms with Crippen LogP contribution in [0.15, 0.2) is 48.1 Å². The molecule has 1 N–H and O–H groups in total. The number of piperidine rings is 1. The summed E-state index contributed by atoms with van der Waals surface area (Å²) in [6.07, 6.45) is 5.69. The maximum atomic E-state index is 13.4. The zero-order chi connectivity index (χ0) is 21.3. The van der Waals surface area contributed by atoms with E-state index >= 15 is 0 Å². The number of thiazole rings is 1. The summed E-state index contributed by atoms with van der Waals surface area (Å²) in [7, 11) is 0. The number of aromatic nitrogens is 3. The molecule has 1 aliphatic rings. The molecule has 0 radical (unpaired) electrons. The SMILES string of the molecule is CC1CC(N(C(=O)c2csc(-c3cnn(-c4ccccc4)c3)n2)C(C)C)CC(C)N1. The van der Waals surface area contributed by atoms with Crippen LogP contribution < -0.4 is 5.32 Å². The maximum Gasteiger partial charge on any atom is 0.273 e. The van der Waals surface area contributed by atoms with Gasteiger partial charge in [0.25, 0.3) is 5.91 Å². The highest BCUT2D eigenvalue weighted by atomic mass is 32.1. The Balaban J connectivity index is 1.55. The van der Waals surface area contributed by atoms with E-state index in [1.54, 1.807) is 6.20 Å². The van der Waals surface area contributed by atoms with Crippen molar-refractivity contribution >= 4 is 17.2 Å². The first-order valence-electron chi connectivity index (χ1n) is 10.6. The molecule has 158 valence electrons. The smallest absolute Gasteiger partial charge is 0.273 e. The number of carbonyl (C=O) groups is 1. The highest BCUT2D eigenvalue weighted by Crippen LogP contribution is 2.27. The molecule has 1 amide bonds. The summed E-state index contributed by atoms with van der Waals surface area (Å²) in [5, 5.41) is 10.7. The molecule has 30 heavy (non-hydrogen) atoms. The van der Waals surface area contributed by atoms with E-state index in [-0.39, 0.29) is 18.0 Å². The maximum absolute atomic E-state index is 13.4.